The first-order chi connectivity index (χ1) is 7.56. The minimum Gasteiger partial charge on any atom is -0.481 e. The maximum absolute atomic E-state index is 10.8. The fourth-order valence-corrected chi connectivity index (χ4v) is 2.07. The second-order valence-electron chi connectivity index (χ2n) is 3.87. The number of nitrogens with zero attached hydrogens (tertiary/aromatic N) is 3. The maximum atomic E-state index is 10.8. The van der Waals surface area contributed by atoms with Gasteiger partial charge in [-0.2, -0.15) is 0 Å². The topological polar surface area (TPSA) is 66.3 Å². The van der Waals surface area contributed by atoms with E-state index in [9.17, 15) is 4.79 Å². The maximum Gasteiger partial charge on any atom is 0.308 e. The van der Waals surface area contributed by atoms with Gasteiger partial charge in [0.05, 0.1) is 5.92 Å². The Morgan fingerprint density at radius 2 is 2.38 bits per heavy atom. The van der Waals surface area contributed by atoms with Crippen LogP contribution in [0.4, 0.5) is 5.82 Å². The van der Waals surface area contributed by atoms with Gasteiger partial charge in [-0.3, -0.25) is 4.79 Å². The Hall–Kier alpha value is -1.36. The van der Waals surface area contributed by atoms with Crippen molar-refractivity contribution in [1.29, 1.82) is 0 Å². The molecular weight excluding hydrogens is 230 g/mol. The van der Waals surface area contributed by atoms with E-state index < -0.39 is 5.97 Å². The molecule has 16 heavy (non-hydrogen) atoms. The van der Waals surface area contributed by atoms with Crippen LogP contribution in [0.2, 0.25) is 5.15 Å². The Bertz CT molecular complexity index is 404. The Labute approximate surface area is 98.1 Å². The SMILES string of the molecule is Cc1nc(Cl)cc(N2CCC(C(=O)O)C2)n1. The van der Waals surface area contributed by atoms with Crippen molar-refractivity contribution >= 4 is 23.4 Å². The summed E-state index contributed by atoms with van der Waals surface area (Å²) in [6.45, 7) is 2.95. The molecule has 1 fully saturated rings. The number of hydrogen-bond donors (Lipinski definition) is 1. The zero-order valence-corrected chi connectivity index (χ0v) is 9.61. The van der Waals surface area contributed by atoms with Gasteiger partial charge in [-0.15, -0.1) is 0 Å². The van der Waals surface area contributed by atoms with Crippen LogP contribution in [0.25, 0.3) is 0 Å². The van der Waals surface area contributed by atoms with Gasteiger partial charge in [0, 0.05) is 19.2 Å². The van der Waals surface area contributed by atoms with Gasteiger partial charge in [0.1, 0.15) is 16.8 Å². The fraction of sp³-hybridized carbons (Fsp3) is 0.500. The molecule has 6 heteroatoms. The number of aromatic nitrogens is 2. The summed E-state index contributed by atoms with van der Waals surface area (Å²) in [6.07, 6.45) is 0.649. The lowest BCUT2D eigenvalue weighted by molar-refractivity contribution is -0.140. The third kappa shape index (κ3) is 2.24. The van der Waals surface area contributed by atoms with Crippen molar-refractivity contribution in [2.24, 2.45) is 5.92 Å². The number of carboxylic acids is 1. The van der Waals surface area contributed by atoms with Crippen LogP contribution in [0.3, 0.4) is 0 Å². The van der Waals surface area contributed by atoms with Crippen molar-refractivity contribution in [3.63, 3.8) is 0 Å². The highest BCUT2D eigenvalue weighted by Crippen LogP contribution is 2.23. The number of aliphatic carboxylic acids is 1. The third-order valence-corrected chi connectivity index (χ3v) is 2.85. The van der Waals surface area contributed by atoms with E-state index in [1.807, 2.05) is 4.90 Å². The molecule has 0 bridgehead atoms. The van der Waals surface area contributed by atoms with Crippen molar-refractivity contribution < 1.29 is 9.90 Å². The van der Waals surface area contributed by atoms with E-state index in [1.54, 1.807) is 13.0 Å². The van der Waals surface area contributed by atoms with Crippen LogP contribution in [0.5, 0.6) is 0 Å². The minimum atomic E-state index is -0.751. The summed E-state index contributed by atoms with van der Waals surface area (Å²) in [5.74, 6) is 0.246. The van der Waals surface area contributed by atoms with E-state index in [2.05, 4.69) is 9.97 Å². The average molecular weight is 242 g/mol. The molecule has 0 aliphatic carbocycles. The van der Waals surface area contributed by atoms with Crippen LogP contribution in [-0.4, -0.2) is 34.1 Å². The Kier molecular flexibility index (Phi) is 2.96. The molecule has 86 valence electrons. The van der Waals surface area contributed by atoms with Gasteiger partial charge in [-0.05, 0) is 13.3 Å². The van der Waals surface area contributed by atoms with Crippen molar-refractivity contribution in [3.05, 3.63) is 17.0 Å². The number of aryl methyl sites for hydroxylation is 1. The molecule has 5 nitrogen and oxygen atoms in total. The summed E-state index contributed by atoms with van der Waals surface area (Å²) in [6, 6.07) is 1.67. The van der Waals surface area contributed by atoms with Gasteiger partial charge < -0.3 is 10.0 Å². The van der Waals surface area contributed by atoms with Gasteiger partial charge in [0.15, 0.2) is 0 Å². The summed E-state index contributed by atoms with van der Waals surface area (Å²) < 4.78 is 0. The van der Waals surface area contributed by atoms with Crippen LogP contribution in [0.1, 0.15) is 12.2 Å². The normalized spacial score (nSPS) is 20.1. The predicted octanol–water partition coefficient (Wildman–Crippen LogP) is 1.35. The van der Waals surface area contributed by atoms with Crippen LogP contribution in [0, 0.1) is 12.8 Å². The molecule has 1 aliphatic rings. The molecule has 1 N–H and O–H groups in total. The summed E-state index contributed by atoms with van der Waals surface area (Å²) in [4.78, 5) is 21.0. The van der Waals surface area contributed by atoms with Gasteiger partial charge in [0.2, 0.25) is 0 Å². The molecule has 0 amide bonds. The average Bonchev–Trinajstić information content (AvgIpc) is 2.64. The molecule has 0 aromatic carbocycles. The lowest BCUT2D eigenvalue weighted by Gasteiger charge is -2.17. The van der Waals surface area contributed by atoms with E-state index in [1.165, 1.54) is 0 Å². The van der Waals surface area contributed by atoms with E-state index in [-0.39, 0.29) is 5.92 Å². The zero-order chi connectivity index (χ0) is 11.7. The number of anilines is 1. The zero-order valence-electron chi connectivity index (χ0n) is 8.85. The van der Waals surface area contributed by atoms with Crippen LogP contribution < -0.4 is 4.90 Å². The Balaban J connectivity index is 2.17. The fourth-order valence-electron chi connectivity index (χ4n) is 1.85. The van der Waals surface area contributed by atoms with E-state index in [0.29, 0.717) is 36.3 Å². The third-order valence-electron chi connectivity index (χ3n) is 2.65. The number of halogens is 1. The molecule has 0 saturated carbocycles. The van der Waals surface area contributed by atoms with Crippen LogP contribution in [-0.2, 0) is 4.79 Å². The highest BCUT2D eigenvalue weighted by Gasteiger charge is 2.28. The first kappa shape index (κ1) is 11.1. The standard InChI is InChI=1S/C10H12ClN3O2/c1-6-12-8(11)4-9(13-6)14-3-2-7(5-14)10(15)16/h4,7H,2-3,5H2,1H3,(H,15,16). The van der Waals surface area contributed by atoms with E-state index in [4.69, 9.17) is 16.7 Å². The van der Waals surface area contributed by atoms with Crippen LogP contribution in [0.15, 0.2) is 6.07 Å². The quantitative estimate of drug-likeness (QED) is 0.792. The second kappa shape index (κ2) is 4.25. The largest absolute Gasteiger partial charge is 0.481 e. The molecule has 1 unspecified atom stereocenters. The summed E-state index contributed by atoms with van der Waals surface area (Å²) in [5.41, 5.74) is 0. The highest BCUT2D eigenvalue weighted by atomic mass is 35.5. The molecule has 1 aromatic heterocycles. The van der Waals surface area contributed by atoms with Gasteiger partial charge >= 0.3 is 5.97 Å². The van der Waals surface area contributed by atoms with E-state index in [0.717, 1.165) is 0 Å². The molecule has 1 saturated heterocycles. The number of carbonyl (C=O) groups is 1. The number of rotatable bonds is 2. The van der Waals surface area contributed by atoms with Gasteiger partial charge in [0.25, 0.3) is 0 Å². The van der Waals surface area contributed by atoms with Crippen molar-refractivity contribution in [2.75, 3.05) is 18.0 Å². The monoisotopic (exact) mass is 241 g/mol. The molecule has 0 spiro atoms. The summed E-state index contributed by atoms with van der Waals surface area (Å²) in [7, 11) is 0. The van der Waals surface area contributed by atoms with Gasteiger partial charge in [-0.1, -0.05) is 11.6 Å². The summed E-state index contributed by atoms with van der Waals surface area (Å²) >= 11 is 5.83. The summed E-state index contributed by atoms with van der Waals surface area (Å²) in [5, 5.41) is 9.29. The molecule has 1 atom stereocenters. The predicted molar refractivity (Wildman–Crippen MR) is 59.7 cm³/mol. The van der Waals surface area contributed by atoms with Crippen LogP contribution >= 0.6 is 11.6 Å². The number of hydrogen-bond acceptors (Lipinski definition) is 4. The first-order valence-corrected chi connectivity index (χ1v) is 5.43. The van der Waals surface area contributed by atoms with Gasteiger partial charge in [-0.25, -0.2) is 9.97 Å². The Morgan fingerprint density at radius 3 is 2.94 bits per heavy atom. The lowest BCUT2D eigenvalue weighted by atomic mass is 10.1. The van der Waals surface area contributed by atoms with Crippen molar-refractivity contribution in [2.45, 2.75) is 13.3 Å². The van der Waals surface area contributed by atoms with E-state index >= 15 is 0 Å². The lowest BCUT2D eigenvalue weighted by Crippen LogP contribution is -2.23. The highest BCUT2D eigenvalue weighted by molar-refractivity contribution is 6.29. The number of carboxylic acid groups (broad SMARTS) is 1. The smallest absolute Gasteiger partial charge is 0.308 e. The molecule has 2 rings (SSSR count). The first-order valence-electron chi connectivity index (χ1n) is 5.05. The Morgan fingerprint density at radius 1 is 1.62 bits per heavy atom. The van der Waals surface area contributed by atoms with Crippen molar-refractivity contribution in [1.82, 2.24) is 9.97 Å². The molecule has 1 aliphatic heterocycles. The van der Waals surface area contributed by atoms with Crippen molar-refractivity contribution in [3.8, 4) is 0 Å². The minimum absolute atomic E-state index is 0.311. The molecule has 1 aromatic rings. The molecule has 0 radical (unpaired) electrons. The molecular formula is C10H12ClN3O2. The second-order valence-corrected chi connectivity index (χ2v) is 4.25. The molecule has 2 heterocycles.